The SMILES string of the molecule is CC(C(=O)Nc1ccc([N+](=O)[O-])cc1)N(C)Cc1ccc(OC(F)F)cc1. The van der Waals surface area contributed by atoms with Gasteiger partial charge >= 0.3 is 6.61 Å². The molecule has 0 fully saturated rings. The van der Waals surface area contributed by atoms with Crippen LogP contribution < -0.4 is 10.1 Å². The lowest BCUT2D eigenvalue weighted by Crippen LogP contribution is -2.39. The van der Waals surface area contributed by atoms with Gasteiger partial charge in [-0.15, -0.1) is 0 Å². The van der Waals surface area contributed by atoms with Crippen LogP contribution in [-0.2, 0) is 11.3 Å². The fourth-order valence-electron chi connectivity index (χ4n) is 2.31. The van der Waals surface area contributed by atoms with E-state index >= 15 is 0 Å². The Morgan fingerprint density at radius 2 is 1.78 bits per heavy atom. The molecule has 0 aromatic heterocycles. The number of hydrogen-bond donors (Lipinski definition) is 1. The topological polar surface area (TPSA) is 84.7 Å². The van der Waals surface area contributed by atoms with Crippen molar-refractivity contribution in [3.05, 3.63) is 64.2 Å². The predicted octanol–water partition coefficient (Wildman–Crippen LogP) is 3.66. The van der Waals surface area contributed by atoms with Crippen LogP contribution in [0.1, 0.15) is 12.5 Å². The van der Waals surface area contributed by atoms with E-state index < -0.39 is 17.6 Å². The molecule has 0 saturated carbocycles. The first-order valence-electron chi connectivity index (χ1n) is 8.05. The summed E-state index contributed by atoms with van der Waals surface area (Å²) in [6, 6.07) is 11.2. The van der Waals surface area contributed by atoms with Crippen molar-refractivity contribution in [2.45, 2.75) is 26.1 Å². The summed E-state index contributed by atoms with van der Waals surface area (Å²) < 4.78 is 28.6. The van der Waals surface area contributed by atoms with Crippen LogP contribution in [-0.4, -0.2) is 35.4 Å². The number of halogens is 2. The number of rotatable bonds is 8. The van der Waals surface area contributed by atoms with Crippen molar-refractivity contribution < 1.29 is 23.2 Å². The third-order valence-corrected chi connectivity index (χ3v) is 3.97. The second kappa shape index (κ2) is 9.04. The second-order valence-electron chi connectivity index (χ2n) is 5.91. The van der Waals surface area contributed by atoms with E-state index in [1.807, 2.05) is 0 Å². The molecule has 0 aliphatic heterocycles. The average molecular weight is 379 g/mol. The Morgan fingerprint density at radius 3 is 2.30 bits per heavy atom. The first-order chi connectivity index (χ1) is 12.8. The maximum Gasteiger partial charge on any atom is 0.387 e. The number of nitrogens with zero attached hydrogens (tertiary/aromatic N) is 2. The number of nitro benzene ring substituents is 1. The molecule has 0 aliphatic carbocycles. The van der Waals surface area contributed by atoms with Crippen molar-refractivity contribution in [2.24, 2.45) is 0 Å². The van der Waals surface area contributed by atoms with E-state index in [1.54, 1.807) is 31.0 Å². The number of amides is 1. The Hall–Kier alpha value is -3.07. The minimum Gasteiger partial charge on any atom is -0.435 e. The summed E-state index contributed by atoms with van der Waals surface area (Å²) in [5, 5.41) is 13.3. The Labute approximate surface area is 154 Å². The number of hydrogen-bond acceptors (Lipinski definition) is 5. The van der Waals surface area contributed by atoms with E-state index in [0.29, 0.717) is 12.2 Å². The molecule has 1 amide bonds. The molecule has 2 aromatic rings. The summed E-state index contributed by atoms with van der Waals surface area (Å²) in [6.45, 7) is -0.736. The minimum atomic E-state index is -2.87. The zero-order chi connectivity index (χ0) is 20.0. The number of carbonyl (C=O) groups excluding carboxylic acids is 1. The highest BCUT2D eigenvalue weighted by Gasteiger charge is 2.19. The van der Waals surface area contributed by atoms with Gasteiger partial charge in [-0.1, -0.05) is 12.1 Å². The van der Waals surface area contributed by atoms with Crippen LogP contribution in [0.2, 0.25) is 0 Å². The Balaban J connectivity index is 1.92. The molecule has 144 valence electrons. The van der Waals surface area contributed by atoms with Crippen LogP contribution >= 0.6 is 0 Å². The molecule has 2 aromatic carbocycles. The van der Waals surface area contributed by atoms with Gasteiger partial charge in [0.25, 0.3) is 5.69 Å². The monoisotopic (exact) mass is 379 g/mol. The van der Waals surface area contributed by atoms with Crippen molar-refractivity contribution in [3.63, 3.8) is 0 Å². The number of nitro groups is 1. The molecule has 2 rings (SSSR count). The number of benzene rings is 2. The van der Waals surface area contributed by atoms with Crippen LogP contribution in [0, 0.1) is 10.1 Å². The van der Waals surface area contributed by atoms with Crippen molar-refractivity contribution in [1.29, 1.82) is 0 Å². The normalized spacial score (nSPS) is 12.1. The summed E-state index contributed by atoms with van der Waals surface area (Å²) >= 11 is 0. The van der Waals surface area contributed by atoms with Gasteiger partial charge in [-0.3, -0.25) is 19.8 Å². The lowest BCUT2D eigenvalue weighted by atomic mass is 10.1. The fourth-order valence-corrected chi connectivity index (χ4v) is 2.31. The average Bonchev–Trinajstić information content (AvgIpc) is 2.62. The van der Waals surface area contributed by atoms with Crippen LogP contribution in [0.15, 0.2) is 48.5 Å². The number of alkyl halides is 2. The summed E-state index contributed by atoms with van der Waals surface area (Å²) in [7, 11) is 1.75. The van der Waals surface area contributed by atoms with Gasteiger partial charge < -0.3 is 10.1 Å². The molecule has 27 heavy (non-hydrogen) atoms. The van der Waals surface area contributed by atoms with Gasteiger partial charge in [0.05, 0.1) is 11.0 Å². The molecule has 0 spiro atoms. The molecule has 0 radical (unpaired) electrons. The number of non-ortho nitro benzene ring substituents is 1. The quantitative estimate of drug-likeness (QED) is 0.559. The van der Waals surface area contributed by atoms with E-state index in [1.165, 1.54) is 36.4 Å². The van der Waals surface area contributed by atoms with Crippen molar-refractivity contribution in [1.82, 2.24) is 4.90 Å². The summed E-state index contributed by atoms with van der Waals surface area (Å²) in [6.07, 6.45) is 0. The van der Waals surface area contributed by atoms with Crippen molar-refractivity contribution >= 4 is 17.3 Å². The lowest BCUT2D eigenvalue weighted by molar-refractivity contribution is -0.384. The third kappa shape index (κ3) is 6.00. The summed E-state index contributed by atoms with van der Waals surface area (Å²) in [4.78, 5) is 24.3. The first kappa shape index (κ1) is 20.2. The highest BCUT2D eigenvalue weighted by molar-refractivity contribution is 5.94. The molecule has 1 N–H and O–H groups in total. The lowest BCUT2D eigenvalue weighted by Gasteiger charge is -2.24. The second-order valence-corrected chi connectivity index (χ2v) is 5.91. The number of carbonyl (C=O) groups is 1. The highest BCUT2D eigenvalue weighted by Crippen LogP contribution is 2.18. The number of anilines is 1. The molecule has 0 bridgehead atoms. The Kier molecular flexibility index (Phi) is 6.78. The molecule has 0 aliphatic rings. The van der Waals surface area contributed by atoms with Gasteiger partial charge in [-0.25, -0.2) is 0 Å². The van der Waals surface area contributed by atoms with E-state index in [4.69, 9.17) is 0 Å². The van der Waals surface area contributed by atoms with Gasteiger partial charge in [0.2, 0.25) is 5.91 Å². The number of ether oxygens (including phenoxy) is 1. The fraction of sp³-hybridized carbons (Fsp3) is 0.278. The van der Waals surface area contributed by atoms with Gasteiger partial charge in [0, 0.05) is 24.4 Å². The highest BCUT2D eigenvalue weighted by atomic mass is 19.3. The molecule has 7 nitrogen and oxygen atoms in total. The smallest absolute Gasteiger partial charge is 0.387 e. The third-order valence-electron chi connectivity index (χ3n) is 3.97. The number of likely N-dealkylation sites (N-methyl/N-ethyl adjacent to an activating group) is 1. The predicted molar refractivity (Wildman–Crippen MR) is 95.7 cm³/mol. The molecule has 1 atom stereocenters. The van der Waals surface area contributed by atoms with Gasteiger partial charge in [0.1, 0.15) is 5.75 Å². The summed E-state index contributed by atoms with van der Waals surface area (Å²) in [5.41, 5.74) is 1.23. The molecule has 9 heteroatoms. The molecular weight excluding hydrogens is 360 g/mol. The number of nitrogens with one attached hydrogen (secondary N) is 1. The Morgan fingerprint density at radius 1 is 1.19 bits per heavy atom. The molecule has 0 saturated heterocycles. The standard InChI is InChI=1S/C18H19F2N3O4/c1-12(17(24)21-14-5-7-15(8-6-14)23(25)26)22(2)11-13-3-9-16(10-4-13)27-18(19)20/h3-10,12,18H,11H2,1-2H3,(H,21,24). The van der Waals surface area contributed by atoms with Crippen LogP contribution in [0.5, 0.6) is 5.75 Å². The zero-order valence-electron chi connectivity index (χ0n) is 14.8. The van der Waals surface area contributed by atoms with Gasteiger partial charge in [-0.05, 0) is 43.8 Å². The zero-order valence-corrected chi connectivity index (χ0v) is 14.8. The molecule has 1 unspecified atom stereocenters. The van der Waals surface area contributed by atoms with Crippen LogP contribution in [0.25, 0.3) is 0 Å². The Bertz CT molecular complexity index is 782. The van der Waals surface area contributed by atoms with Crippen LogP contribution in [0.4, 0.5) is 20.2 Å². The molecular formula is C18H19F2N3O4. The van der Waals surface area contributed by atoms with E-state index in [2.05, 4.69) is 10.1 Å². The first-order valence-corrected chi connectivity index (χ1v) is 8.05. The minimum absolute atomic E-state index is 0.0579. The van der Waals surface area contributed by atoms with Gasteiger partial charge in [-0.2, -0.15) is 8.78 Å². The van der Waals surface area contributed by atoms with Crippen molar-refractivity contribution in [3.8, 4) is 5.75 Å². The summed E-state index contributed by atoms with van der Waals surface area (Å²) in [5.74, 6) is -0.204. The van der Waals surface area contributed by atoms with E-state index in [-0.39, 0.29) is 17.3 Å². The molecule has 0 heterocycles. The van der Waals surface area contributed by atoms with E-state index in [0.717, 1.165) is 5.56 Å². The van der Waals surface area contributed by atoms with Crippen molar-refractivity contribution in [2.75, 3.05) is 12.4 Å². The maximum absolute atomic E-state index is 12.3. The van der Waals surface area contributed by atoms with E-state index in [9.17, 15) is 23.7 Å². The largest absolute Gasteiger partial charge is 0.435 e. The van der Waals surface area contributed by atoms with Crippen LogP contribution in [0.3, 0.4) is 0 Å². The maximum atomic E-state index is 12.3. The van der Waals surface area contributed by atoms with Gasteiger partial charge in [0.15, 0.2) is 0 Å².